The molecule has 0 aliphatic carbocycles. The summed E-state index contributed by atoms with van der Waals surface area (Å²) in [7, 11) is 0. The van der Waals surface area contributed by atoms with Gasteiger partial charge >= 0.3 is 0 Å². The Morgan fingerprint density at radius 3 is 2.83 bits per heavy atom. The monoisotopic (exact) mass is 256 g/mol. The lowest BCUT2D eigenvalue weighted by atomic mass is 10.0. The Labute approximate surface area is 110 Å². The van der Waals surface area contributed by atoms with Crippen molar-refractivity contribution in [2.45, 2.75) is 6.92 Å². The fourth-order valence-corrected chi connectivity index (χ4v) is 2.00. The van der Waals surface area contributed by atoms with Crippen molar-refractivity contribution in [2.75, 3.05) is 5.75 Å². The molecule has 2 aromatic rings. The van der Waals surface area contributed by atoms with E-state index in [4.69, 9.17) is 0 Å². The van der Waals surface area contributed by atoms with Crippen LogP contribution in [0.15, 0.2) is 36.4 Å². The number of phenolic OH excluding ortho intramolecular Hbond substituents is 1. The van der Waals surface area contributed by atoms with Gasteiger partial charge in [0.15, 0.2) is 5.12 Å². The Balaban J connectivity index is 2.37. The van der Waals surface area contributed by atoms with Gasteiger partial charge in [0.2, 0.25) is 0 Å². The summed E-state index contributed by atoms with van der Waals surface area (Å²) in [6, 6.07) is 11.3. The standard InChI is InChI=1S/C15H12O2S/c1-11(16)18-10-4-7-14-13-6-3-2-5-12(13)8-9-15(14)17/h2-3,5-6,8-9,17H,10H2,1H3. The van der Waals surface area contributed by atoms with Gasteiger partial charge in [-0.1, -0.05) is 53.9 Å². The molecule has 0 unspecified atom stereocenters. The SMILES string of the molecule is CC(=O)SCC#Cc1c(O)ccc2ccccc12. The summed E-state index contributed by atoms with van der Waals surface area (Å²) >= 11 is 1.17. The van der Waals surface area contributed by atoms with E-state index >= 15 is 0 Å². The van der Waals surface area contributed by atoms with Gasteiger partial charge in [-0.2, -0.15) is 0 Å². The van der Waals surface area contributed by atoms with Gasteiger partial charge in [0.25, 0.3) is 0 Å². The molecule has 0 saturated heterocycles. The maximum Gasteiger partial charge on any atom is 0.186 e. The average Bonchev–Trinajstić information content (AvgIpc) is 2.36. The van der Waals surface area contributed by atoms with Gasteiger partial charge in [-0.25, -0.2) is 0 Å². The molecule has 18 heavy (non-hydrogen) atoms. The average molecular weight is 256 g/mol. The third kappa shape index (κ3) is 2.85. The van der Waals surface area contributed by atoms with Gasteiger partial charge in [0.1, 0.15) is 5.75 Å². The molecule has 90 valence electrons. The topological polar surface area (TPSA) is 37.3 Å². The number of thioether (sulfide) groups is 1. The molecular weight excluding hydrogens is 244 g/mol. The zero-order chi connectivity index (χ0) is 13.0. The zero-order valence-corrected chi connectivity index (χ0v) is 10.8. The van der Waals surface area contributed by atoms with Crippen LogP contribution in [0.1, 0.15) is 12.5 Å². The predicted octanol–water partition coefficient (Wildman–Crippen LogP) is 3.18. The van der Waals surface area contributed by atoms with E-state index < -0.39 is 0 Å². The molecule has 3 heteroatoms. The summed E-state index contributed by atoms with van der Waals surface area (Å²) in [6.07, 6.45) is 0. The van der Waals surface area contributed by atoms with E-state index in [1.807, 2.05) is 30.3 Å². The first-order chi connectivity index (χ1) is 8.68. The molecule has 0 aromatic heterocycles. The Morgan fingerprint density at radius 1 is 1.28 bits per heavy atom. The lowest BCUT2D eigenvalue weighted by Crippen LogP contribution is -1.84. The van der Waals surface area contributed by atoms with Crippen LogP contribution >= 0.6 is 11.8 Å². The van der Waals surface area contributed by atoms with E-state index in [2.05, 4.69) is 11.8 Å². The Morgan fingerprint density at radius 2 is 2.06 bits per heavy atom. The first kappa shape index (κ1) is 12.5. The molecule has 0 bridgehead atoms. The van der Waals surface area contributed by atoms with Crippen LogP contribution in [0.4, 0.5) is 0 Å². The normalized spacial score (nSPS) is 9.83. The van der Waals surface area contributed by atoms with Gasteiger partial charge in [-0.3, -0.25) is 4.79 Å². The molecule has 2 aromatic carbocycles. The lowest BCUT2D eigenvalue weighted by molar-refractivity contribution is -0.109. The number of aromatic hydroxyl groups is 1. The summed E-state index contributed by atoms with van der Waals surface area (Å²) in [5.74, 6) is 6.45. The Hall–Kier alpha value is -1.92. The fraction of sp³-hybridized carbons (Fsp3) is 0.133. The van der Waals surface area contributed by atoms with Crippen molar-refractivity contribution in [1.29, 1.82) is 0 Å². The van der Waals surface area contributed by atoms with Crippen LogP contribution in [0.5, 0.6) is 5.75 Å². The second kappa shape index (κ2) is 5.61. The Bertz CT molecular complexity index is 650. The number of carbonyl (C=O) groups excluding carboxylic acids is 1. The zero-order valence-electron chi connectivity index (χ0n) is 9.93. The molecule has 0 aliphatic rings. The molecule has 0 saturated carbocycles. The molecule has 0 radical (unpaired) electrons. The van der Waals surface area contributed by atoms with E-state index in [-0.39, 0.29) is 10.9 Å². The second-order valence-corrected chi connectivity index (χ2v) is 4.92. The van der Waals surface area contributed by atoms with Crippen LogP contribution in [0, 0.1) is 11.8 Å². The van der Waals surface area contributed by atoms with Gasteiger partial charge in [0, 0.05) is 12.3 Å². The molecule has 2 nitrogen and oxygen atoms in total. The number of benzene rings is 2. The van der Waals surface area contributed by atoms with Crippen LogP contribution < -0.4 is 0 Å². The first-order valence-corrected chi connectivity index (χ1v) is 6.50. The highest BCUT2D eigenvalue weighted by Gasteiger charge is 2.03. The van der Waals surface area contributed by atoms with Crippen LogP contribution in [0.3, 0.4) is 0 Å². The highest BCUT2D eigenvalue weighted by Crippen LogP contribution is 2.25. The van der Waals surface area contributed by atoms with E-state index in [1.165, 1.54) is 18.7 Å². The quantitative estimate of drug-likeness (QED) is 0.796. The number of hydrogen-bond donors (Lipinski definition) is 1. The van der Waals surface area contributed by atoms with E-state index in [9.17, 15) is 9.90 Å². The van der Waals surface area contributed by atoms with Crippen molar-refractivity contribution >= 4 is 27.6 Å². The second-order valence-electron chi connectivity index (χ2n) is 3.76. The van der Waals surface area contributed by atoms with Gasteiger partial charge < -0.3 is 5.11 Å². The first-order valence-electron chi connectivity index (χ1n) is 5.51. The molecule has 2 rings (SSSR count). The molecule has 0 heterocycles. The fourth-order valence-electron chi connectivity index (χ4n) is 1.65. The maximum absolute atomic E-state index is 10.8. The van der Waals surface area contributed by atoms with Crippen molar-refractivity contribution in [2.24, 2.45) is 0 Å². The summed E-state index contributed by atoms with van der Waals surface area (Å²) in [4.78, 5) is 10.8. The van der Waals surface area contributed by atoms with E-state index in [0.29, 0.717) is 11.3 Å². The minimum Gasteiger partial charge on any atom is -0.507 e. The molecular formula is C15H12O2S. The number of hydrogen-bond acceptors (Lipinski definition) is 3. The van der Waals surface area contributed by atoms with Crippen molar-refractivity contribution < 1.29 is 9.90 Å². The molecule has 0 fully saturated rings. The minimum atomic E-state index is 0.0476. The molecule has 0 amide bonds. The van der Waals surface area contributed by atoms with Crippen molar-refractivity contribution in [3.63, 3.8) is 0 Å². The smallest absolute Gasteiger partial charge is 0.186 e. The number of carbonyl (C=O) groups is 1. The molecule has 0 atom stereocenters. The van der Waals surface area contributed by atoms with Crippen molar-refractivity contribution in [3.8, 4) is 17.6 Å². The summed E-state index contributed by atoms with van der Waals surface area (Å²) < 4.78 is 0. The van der Waals surface area contributed by atoms with Crippen molar-refractivity contribution in [3.05, 3.63) is 42.0 Å². The summed E-state index contributed by atoms with van der Waals surface area (Å²) in [5.41, 5.74) is 0.622. The van der Waals surface area contributed by atoms with E-state index in [1.54, 1.807) is 6.07 Å². The molecule has 0 aliphatic heterocycles. The summed E-state index contributed by atoms with van der Waals surface area (Å²) in [5, 5.41) is 11.9. The van der Waals surface area contributed by atoms with Gasteiger partial charge in [-0.15, -0.1) is 0 Å². The lowest BCUT2D eigenvalue weighted by Gasteiger charge is -2.02. The minimum absolute atomic E-state index is 0.0476. The predicted molar refractivity (Wildman–Crippen MR) is 75.6 cm³/mol. The Kier molecular flexibility index (Phi) is 3.91. The molecule has 1 N–H and O–H groups in total. The van der Waals surface area contributed by atoms with Crippen LogP contribution in [0.2, 0.25) is 0 Å². The number of phenols is 1. The van der Waals surface area contributed by atoms with Gasteiger partial charge in [0.05, 0.1) is 11.3 Å². The highest BCUT2D eigenvalue weighted by molar-refractivity contribution is 8.13. The summed E-state index contributed by atoms with van der Waals surface area (Å²) in [6.45, 7) is 1.52. The van der Waals surface area contributed by atoms with Gasteiger partial charge in [-0.05, 0) is 11.5 Å². The third-order valence-corrected chi connectivity index (χ3v) is 3.16. The van der Waals surface area contributed by atoms with Crippen LogP contribution in [-0.2, 0) is 4.79 Å². The maximum atomic E-state index is 10.8. The highest BCUT2D eigenvalue weighted by atomic mass is 32.2. The third-order valence-electron chi connectivity index (χ3n) is 2.47. The largest absolute Gasteiger partial charge is 0.507 e. The van der Waals surface area contributed by atoms with Crippen LogP contribution in [0.25, 0.3) is 10.8 Å². The van der Waals surface area contributed by atoms with E-state index in [0.717, 1.165) is 10.8 Å². The number of fused-ring (bicyclic) bond motifs is 1. The number of rotatable bonds is 1. The molecule has 0 spiro atoms. The van der Waals surface area contributed by atoms with Crippen LogP contribution in [-0.4, -0.2) is 16.0 Å². The van der Waals surface area contributed by atoms with Crippen molar-refractivity contribution in [1.82, 2.24) is 0 Å².